The van der Waals surface area contributed by atoms with Crippen molar-refractivity contribution in [2.45, 2.75) is 25.8 Å². The van der Waals surface area contributed by atoms with Crippen molar-refractivity contribution in [3.05, 3.63) is 58.0 Å². The molecule has 0 aliphatic carbocycles. The van der Waals surface area contributed by atoms with Crippen molar-refractivity contribution < 1.29 is 13.6 Å². The van der Waals surface area contributed by atoms with Crippen molar-refractivity contribution >= 4 is 11.6 Å². The highest BCUT2D eigenvalue weighted by molar-refractivity contribution is 5.76. The zero-order valence-electron chi connectivity index (χ0n) is 15.1. The lowest BCUT2D eigenvalue weighted by Crippen LogP contribution is -2.38. The summed E-state index contributed by atoms with van der Waals surface area (Å²) < 4.78 is 28.1. The van der Waals surface area contributed by atoms with Crippen LogP contribution in [0.1, 0.15) is 24.8 Å². The van der Waals surface area contributed by atoms with Crippen LogP contribution in [-0.2, 0) is 18.4 Å². The predicted molar refractivity (Wildman–Crippen MR) is 97.2 cm³/mol. The highest BCUT2D eigenvalue weighted by Crippen LogP contribution is 2.23. The van der Waals surface area contributed by atoms with E-state index < -0.39 is 11.6 Å². The minimum Gasteiger partial charge on any atom is -0.370 e. The summed E-state index contributed by atoms with van der Waals surface area (Å²) >= 11 is 0. The Morgan fingerprint density at radius 1 is 1.33 bits per heavy atom. The van der Waals surface area contributed by atoms with Gasteiger partial charge in [0.05, 0.1) is 11.9 Å². The minimum atomic E-state index is -0.543. The van der Waals surface area contributed by atoms with Crippen LogP contribution in [0.3, 0.4) is 0 Å². The quantitative estimate of drug-likeness (QED) is 0.867. The fourth-order valence-electron chi connectivity index (χ4n) is 3.31. The predicted octanol–water partition coefficient (Wildman–Crippen LogP) is 1.98. The van der Waals surface area contributed by atoms with Crippen molar-refractivity contribution in [3.63, 3.8) is 0 Å². The minimum absolute atomic E-state index is 0.0441. The maximum absolute atomic E-state index is 13.6. The third-order valence-corrected chi connectivity index (χ3v) is 4.80. The molecule has 6 nitrogen and oxygen atoms in total. The molecule has 8 heteroatoms. The van der Waals surface area contributed by atoms with Gasteiger partial charge < -0.3 is 10.2 Å². The summed E-state index contributed by atoms with van der Waals surface area (Å²) in [7, 11) is 1.59. The number of carbonyl (C=O) groups excluding carboxylic acids is 1. The van der Waals surface area contributed by atoms with E-state index in [9.17, 15) is 18.4 Å². The van der Waals surface area contributed by atoms with Crippen LogP contribution in [0.4, 0.5) is 14.5 Å². The molecule has 0 bridgehead atoms. The molecular weight excluding hydrogens is 354 g/mol. The van der Waals surface area contributed by atoms with Gasteiger partial charge in [-0.15, -0.1) is 0 Å². The normalized spacial score (nSPS) is 17.0. The second-order valence-electron chi connectivity index (χ2n) is 6.85. The topological polar surface area (TPSA) is 67.2 Å². The van der Waals surface area contributed by atoms with Gasteiger partial charge in [-0.1, -0.05) is 0 Å². The number of nitrogens with zero attached hydrogens (tertiary/aromatic N) is 3. The van der Waals surface area contributed by atoms with E-state index >= 15 is 0 Å². The fourth-order valence-corrected chi connectivity index (χ4v) is 3.31. The molecule has 1 aliphatic heterocycles. The number of benzene rings is 1. The molecule has 1 saturated heterocycles. The molecule has 0 spiro atoms. The van der Waals surface area contributed by atoms with Crippen molar-refractivity contribution in [2.24, 2.45) is 13.0 Å². The molecular formula is C19H22F2N4O2. The van der Waals surface area contributed by atoms with Crippen LogP contribution in [0.5, 0.6) is 0 Å². The summed E-state index contributed by atoms with van der Waals surface area (Å²) in [6.07, 6.45) is 3.75. The van der Waals surface area contributed by atoms with Gasteiger partial charge in [-0.25, -0.2) is 13.5 Å². The van der Waals surface area contributed by atoms with Gasteiger partial charge in [0.25, 0.3) is 5.56 Å². The summed E-state index contributed by atoms with van der Waals surface area (Å²) in [5, 5.41) is 6.69. The molecule has 2 aromatic rings. The average molecular weight is 376 g/mol. The largest absolute Gasteiger partial charge is 0.370 e. The SMILES string of the molecule is Cn1ncc(N2CCCC(CC(=O)NCc3cc(F)ccc3F)C2)cc1=O. The summed E-state index contributed by atoms with van der Waals surface area (Å²) in [5.41, 5.74) is 0.703. The summed E-state index contributed by atoms with van der Waals surface area (Å²) in [5.74, 6) is -1.15. The molecule has 27 heavy (non-hydrogen) atoms. The average Bonchev–Trinajstić information content (AvgIpc) is 2.65. The highest BCUT2D eigenvalue weighted by atomic mass is 19.1. The van der Waals surface area contributed by atoms with Crippen LogP contribution in [0.15, 0.2) is 35.3 Å². The second kappa shape index (κ2) is 8.28. The first kappa shape index (κ1) is 19.0. The van der Waals surface area contributed by atoms with E-state index in [1.54, 1.807) is 19.3 Å². The Morgan fingerprint density at radius 3 is 2.93 bits per heavy atom. The molecule has 1 aromatic carbocycles. The van der Waals surface area contributed by atoms with Gasteiger partial charge in [-0.05, 0) is 37.0 Å². The number of anilines is 1. The molecule has 1 unspecified atom stereocenters. The van der Waals surface area contributed by atoms with Crippen LogP contribution in [0.25, 0.3) is 0 Å². The monoisotopic (exact) mass is 376 g/mol. The lowest BCUT2D eigenvalue weighted by atomic mass is 9.94. The van der Waals surface area contributed by atoms with Crippen molar-refractivity contribution in [1.29, 1.82) is 0 Å². The number of halogens is 2. The smallest absolute Gasteiger partial charge is 0.268 e. The van der Waals surface area contributed by atoms with Crippen LogP contribution in [0.2, 0.25) is 0 Å². The molecule has 1 atom stereocenters. The van der Waals surface area contributed by atoms with Gasteiger partial charge >= 0.3 is 0 Å². The molecule has 0 saturated carbocycles. The first-order valence-electron chi connectivity index (χ1n) is 8.91. The molecule has 1 aliphatic rings. The lowest BCUT2D eigenvalue weighted by molar-refractivity contribution is -0.122. The second-order valence-corrected chi connectivity index (χ2v) is 6.85. The van der Waals surface area contributed by atoms with Gasteiger partial charge in [0.1, 0.15) is 11.6 Å². The summed E-state index contributed by atoms with van der Waals surface area (Å²) in [6, 6.07) is 4.72. The molecule has 1 amide bonds. The number of piperidine rings is 1. The molecule has 1 N–H and O–H groups in total. The molecule has 0 radical (unpaired) electrons. The van der Waals surface area contributed by atoms with Gasteiger partial charge in [0, 0.05) is 44.7 Å². The van der Waals surface area contributed by atoms with Crippen LogP contribution < -0.4 is 15.8 Å². The van der Waals surface area contributed by atoms with Gasteiger partial charge in [-0.2, -0.15) is 5.10 Å². The number of carbonyl (C=O) groups is 1. The Labute approximate surface area is 155 Å². The Hall–Kier alpha value is -2.77. The standard InChI is InChI=1S/C19H22F2N4O2/c1-24-19(27)9-16(11-23-24)25-6-2-3-13(12-25)7-18(26)22-10-14-8-15(20)4-5-17(14)21/h4-5,8-9,11,13H,2-3,6-7,10,12H2,1H3,(H,22,26). The Morgan fingerprint density at radius 2 is 2.15 bits per heavy atom. The van der Waals surface area contributed by atoms with E-state index in [4.69, 9.17) is 0 Å². The molecule has 1 aromatic heterocycles. The zero-order chi connectivity index (χ0) is 19.4. The number of aryl methyl sites for hydroxylation is 1. The van der Waals surface area contributed by atoms with Crippen LogP contribution >= 0.6 is 0 Å². The van der Waals surface area contributed by atoms with E-state index in [-0.39, 0.29) is 29.5 Å². The highest BCUT2D eigenvalue weighted by Gasteiger charge is 2.23. The molecule has 144 valence electrons. The summed E-state index contributed by atoms with van der Waals surface area (Å²) in [4.78, 5) is 26.0. The Balaban J connectivity index is 1.55. The third-order valence-electron chi connectivity index (χ3n) is 4.80. The Kier molecular flexibility index (Phi) is 5.83. The van der Waals surface area contributed by atoms with Crippen molar-refractivity contribution in [1.82, 2.24) is 15.1 Å². The van der Waals surface area contributed by atoms with E-state index in [1.807, 2.05) is 0 Å². The third kappa shape index (κ3) is 4.90. The van der Waals surface area contributed by atoms with E-state index in [1.165, 1.54) is 4.68 Å². The Bertz CT molecular complexity index is 884. The molecule has 1 fully saturated rings. The number of nitrogens with one attached hydrogen (secondary N) is 1. The van der Waals surface area contributed by atoms with E-state index in [0.29, 0.717) is 13.0 Å². The fraction of sp³-hybridized carbons (Fsp3) is 0.421. The first-order valence-corrected chi connectivity index (χ1v) is 8.91. The summed E-state index contributed by atoms with van der Waals surface area (Å²) in [6.45, 7) is 1.41. The molecule has 2 heterocycles. The number of aromatic nitrogens is 2. The lowest BCUT2D eigenvalue weighted by Gasteiger charge is -2.33. The van der Waals surface area contributed by atoms with E-state index in [0.717, 1.165) is 43.3 Å². The van der Waals surface area contributed by atoms with Gasteiger partial charge in [0.2, 0.25) is 5.91 Å². The first-order chi connectivity index (χ1) is 12.9. The maximum Gasteiger partial charge on any atom is 0.268 e. The maximum atomic E-state index is 13.6. The number of rotatable bonds is 5. The molecule has 3 rings (SSSR count). The van der Waals surface area contributed by atoms with Gasteiger partial charge in [0.15, 0.2) is 0 Å². The number of amides is 1. The number of hydrogen-bond donors (Lipinski definition) is 1. The van der Waals surface area contributed by atoms with E-state index in [2.05, 4.69) is 15.3 Å². The van der Waals surface area contributed by atoms with Crippen molar-refractivity contribution in [3.8, 4) is 0 Å². The van der Waals surface area contributed by atoms with Crippen LogP contribution in [-0.4, -0.2) is 28.8 Å². The number of hydrogen-bond acceptors (Lipinski definition) is 4. The zero-order valence-corrected chi connectivity index (χ0v) is 15.1. The van der Waals surface area contributed by atoms with Crippen LogP contribution in [0, 0.1) is 17.6 Å². The van der Waals surface area contributed by atoms with Gasteiger partial charge in [-0.3, -0.25) is 9.59 Å². The van der Waals surface area contributed by atoms with Crippen molar-refractivity contribution in [2.75, 3.05) is 18.0 Å².